The third kappa shape index (κ3) is 4.40. The van der Waals surface area contributed by atoms with Crippen LogP contribution in [0.3, 0.4) is 0 Å². The summed E-state index contributed by atoms with van der Waals surface area (Å²) in [5, 5.41) is 3.44. The van der Waals surface area contributed by atoms with Crippen LogP contribution in [0.15, 0.2) is 58.5 Å². The highest BCUT2D eigenvalue weighted by Crippen LogP contribution is 2.22. The monoisotopic (exact) mass is 401 g/mol. The average molecular weight is 401 g/mol. The Balaban J connectivity index is 1.99. The quantitative estimate of drug-likeness (QED) is 0.487. The molecule has 146 valence electrons. The molecular weight excluding hydrogens is 381 g/mol. The summed E-state index contributed by atoms with van der Waals surface area (Å²) in [5.74, 6) is -0.730. The third-order valence-electron chi connectivity index (χ3n) is 3.99. The molecule has 0 spiro atoms. The number of ether oxygens (including phenoxy) is 1. The van der Waals surface area contributed by atoms with E-state index in [1.54, 1.807) is 43.5 Å². The summed E-state index contributed by atoms with van der Waals surface area (Å²) in [4.78, 5) is 29.7. The van der Waals surface area contributed by atoms with Crippen molar-refractivity contribution in [3.8, 4) is 5.69 Å². The summed E-state index contributed by atoms with van der Waals surface area (Å²) in [6.07, 6.45) is 0. The van der Waals surface area contributed by atoms with Crippen LogP contribution in [0.5, 0.6) is 0 Å². The number of nitrogens with one attached hydrogen (secondary N) is 1. The van der Waals surface area contributed by atoms with E-state index in [4.69, 9.17) is 4.74 Å². The van der Waals surface area contributed by atoms with Gasteiger partial charge in [0.2, 0.25) is 5.91 Å². The van der Waals surface area contributed by atoms with Crippen molar-refractivity contribution in [3.63, 3.8) is 0 Å². The van der Waals surface area contributed by atoms with E-state index in [0.29, 0.717) is 17.5 Å². The van der Waals surface area contributed by atoms with Crippen molar-refractivity contribution >= 4 is 28.6 Å². The SMILES string of the molecule is COC[C@@H](C)NC(=O)CSc1nc2ccccc2c(=O)n1-c1ccccc1F. The molecule has 3 rings (SSSR count). The van der Waals surface area contributed by atoms with Crippen LogP contribution in [0.1, 0.15) is 6.92 Å². The predicted molar refractivity (Wildman–Crippen MR) is 108 cm³/mol. The van der Waals surface area contributed by atoms with Crippen molar-refractivity contribution in [2.24, 2.45) is 0 Å². The second kappa shape index (κ2) is 8.99. The zero-order valence-electron chi connectivity index (χ0n) is 15.5. The van der Waals surface area contributed by atoms with Gasteiger partial charge in [0.1, 0.15) is 5.82 Å². The number of hydrogen-bond acceptors (Lipinski definition) is 5. The fraction of sp³-hybridized carbons (Fsp3) is 0.250. The molecule has 1 N–H and O–H groups in total. The molecule has 0 aliphatic rings. The summed E-state index contributed by atoms with van der Waals surface area (Å²) in [7, 11) is 1.56. The second-order valence-corrected chi connectivity index (χ2v) is 7.16. The number of nitrogens with zero attached hydrogens (tertiary/aromatic N) is 2. The minimum Gasteiger partial charge on any atom is -0.383 e. The lowest BCUT2D eigenvalue weighted by Gasteiger charge is -2.15. The van der Waals surface area contributed by atoms with Crippen LogP contribution < -0.4 is 10.9 Å². The molecule has 0 saturated carbocycles. The molecule has 0 saturated heterocycles. The van der Waals surface area contributed by atoms with Gasteiger partial charge in [0.15, 0.2) is 5.16 Å². The van der Waals surface area contributed by atoms with Gasteiger partial charge in [-0.2, -0.15) is 0 Å². The molecule has 6 nitrogen and oxygen atoms in total. The summed E-state index contributed by atoms with van der Waals surface area (Å²) in [6, 6.07) is 12.7. The molecule has 3 aromatic rings. The number of para-hydroxylation sites is 2. The molecule has 1 heterocycles. The Hall–Kier alpha value is -2.71. The first-order valence-corrected chi connectivity index (χ1v) is 9.67. The van der Waals surface area contributed by atoms with Crippen LogP contribution in [0.4, 0.5) is 4.39 Å². The Labute approximate surface area is 165 Å². The van der Waals surface area contributed by atoms with Crippen molar-refractivity contribution in [1.29, 1.82) is 0 Å². The van der Waals surface area contributed by atoms with E-state index in [1.165, 1.54) is 16.7 Å². The topological polar surface area (TPSA) is 73.2 Å². The standard InChI is InChI=1S/C20H20FN3O3S/c1-13(11-27-2)22-18(25)12-28-20-23-16-9-5-3-7-14(16)19(26)24(20)17-10-6-4-8-15(17)21/h3-10,13H,11-12H2,1-2H3,(H,22,25)/t13-/m1/s1. The lowest BCUT2D eigenvalue weighted by atomic mass is 10.2. The maximum Gasteiger partial charge on any atom is 0.266 e. The van der Waals surface area contributed by atoms with Crippen LogP contribution in [0.2, 0.25) is 0 Å². The van der Waals surface area contributed by atoms with Gasteiger partial charge in [-0.05, 0) is 31.2 Å². The van der Waals surface area contributed by atoms with Crippen LogP contribution in [0, 0.1) is 5.82 Å². The average Bonchev–Trinajstić information content (AvgIpc) is 2.67. The van der Waals surface area contributed by atoms with Crippen molar-refractivity contribution in [2.45, 2.75) is 18.1 Å². The molecule has 0 aliphatic carbocycles. The highest BCUT2D eigenvalue weighted by atomic mass is 32.2. The maximum absolute atomic E-state index is 14.4. The number of rotatable bonds is 7. The van der Waals surface area contributed by atoms with E-state index in [1.807, 2.05) is 6.92 Å². The van der Waals surface area contributed by atoms with Crippen LogP contribution in [-0.4, -0.2) is 41.0 Å². The van der Waals surface area contributed by atoms with Gasteiger partial charge in [-0.25, -0.2) is 9.37 Å². The summed E-state index contributed by atoms with van der Waals surface area (Å²) >= 11 is 1.08. The van der Waals surface area contributed by atoms with Gasteiger partial charge in [-0.3, -0.25) is 14.2 Å². The predicted octanol–water partition coefficient (Wildman–Crippen LogP) is 2.77. The van der Waals surface area contributed by atoms with Crippen molar-refractivity contribution in [2.75, 3.05) is 19.5 Å². The van der Waals surface area contributed by atoms with Crippen molar-refractivity contribution in [1.82, 2.24) is 14.9 Å². The first-order chi connectivity index (χ1) is 13.5. The molecule has 0 aliphatic heterocycles. The number of thioether (sulfide) groups is 1. The number of fused-ring (bicyclic) bond motifs is 1. The minimum atomic E-state index is -0.540. The Bertz CT molecular complexity index is 1050. The summed E-state index contributed by atoms with van der Waals surface area (Å²) < 4.78 is 20.6. The number of benzene rings is 2. The second-order valence-electron chi connectivity index (χ2n) is 6.22. The van der Waals surface area contributed by atoms with Gasteiger partial charge in [0.25, 0.3) is 5.56 Å². The Morgan fingerprint density at radius 1 is 1.25 bits per heavy atom. The Kier molecular flexibility index (Phi) is 6.43. The molecule has 0 unspecified atom stereocenters. The molecule has 1 atom stereocenters. The summed E-state index contributed by atoms with van der Waals surface area (Å²) in [6.45, 7) is 2.22. The summed E-state index contributed by atoms with van der Waals surface area (Å²) in [5.41, 5.74) is 0.212. The van der Waals surface area contributed by atoms with E-state index in [-0.39, 0.29) is 34.1 Å². The highest BCUT2D eigenvalue weighted by molar-refractivity contribution is 7.99. The molecule has 0 bridgehead atoms. The fourth-order valence-electron chi connectivity index (χ4n) is 2.79. The zero-order chi connectivity index (χ0) is 20.1. The van der Waals surface area contributed by atoms with Gasteiger partial charge in [0, 0.05) is 13.2 Å². The van der Waals surface area contributed by atoms with Crippen molar-refractivity contribution in [3.05, 3.63) is 64.7 Å². The Morgan fingerprint density at radius 3 is 2.71 bits per heavy atom. The van der Waals surface area contributed by atoms with Gasteiger partial charge in [-0.1, -0.05) is 36.0 Å². The van der Waals surface area contributed by atoms with Gasteiger partial charge < -0.3 is 10.1 Å². The first-order valence-electron chi connectivity index (χ1n) is 8.69. The number of aromatic nitrogens is 2. The highest BCUT2D eigenvalue weighted by Gasteiger charge is 2.17. The van der Waals surface area contributed by atoms with Crippen LogP contribution in [0.25, 0.3) is 16.6 Å². The number of amides is 1. The molecule has 2 aromatic carbocycles. The van der Waals surface area contributed by atoms with Crippen LogP contribution in [-0.2, 0) is 9.53 Å². The van der Waals surface area contributed by atoms with Crippen molar-refractivity contribution < 1.29 is 13.9 Å². The van der Waals surface area contributed by atoms with E-state index in [9.17, 15) is 14.0 Å². The normalized spacial score (nSPS) is 12.1. The molecule has 0 radical (unpaired) electrons. The van der Waals surface area contributed by atoms with E-state index in [2.05, 4.69) is 10.3 Å². The minimum absolute atomic E-state index is 0.0350. The fourth-order valence-corrected chi connectivity index (χ4v) is 3.61. The smallest absolute Gasteiger partial charge is 0.266 e. The molecule has 1 aromatic heterocycles. The molecule has 0 fully saturated rings. The van der Waals surface area contributed by atoms with Gasteiger partial charge in [0.05, 0.1) is 29.0 Å². The Morgan fingerprint density at radius 2 is 1.96 bits per heavy atom. The number of hydrogen-bond donors (Lipinski definition) is 1. The van der Waals surface area contributed by atoms with Gasteiger partial charge in [-0.15, -0.1) is 0 Å². The van der Waals surface area contributed by atoms with E-state index in [0.717, 1.165) is 11.8 Å². The van der Waals surface area contributed by atoms with E-state index >= 15 is 0 Å². The largest absolute Gasteiger partial charge is 0.383 e. The lowest BCUT2D eigenvalue weighted by molar-refractivity contribution is -0.119. The van der Waals surface area contributed by atoms with Gasteiger partial charge >= 0.3 is 0 Å². The van der Waals surface area contributed by atoms with E-state index < -0.39 is 5.82 Å². The number of carbonyl (C=O) groups excluding carboxylic acids is 1. The maximum atomic E-state index is 14.4. The molecule has 8 heteroatoms. The number of methoxy groups -OCH3 is 1. The van der Waals surface area contributed by atoms with Crippen LogP contribution >= 0.6 is 11.8 Å². The zero-order valence-corrected chi connectivity index (χ0v) is 16.3. The molecule has 1 amide bonds. The number of halogens is 1. The number of carbonyl (C=O) groups is 1. The molecular formula is C20H20FN3O3S. The third-order valence-corrected chi connectivity index (χ3v) is 4.93. The first kappa shape index (κ1) is 20.0. The lowest BCUT2D eigenvalue weighted by Crippen LogP contribution is -2.36. The molecule has 28 heavy (non-hydrogen) atoms.